The fraction of sp³-hybridized carbons (Fsp3) is 0.438. The third-order valence-corrected chi connectivity index (χ3v) is 6.92. The van der Waals surface area contributed by atoms with Crippen molar-refractivity contribution in [1.29, 1.82) is 0 Å². The van der Waals surface area contributed by atoms with Gasteiger partial charge >= 0.3 is 18.1 Å². The molecule has 0 saturated carbocycles. The number of nitrogens with zero attached hydrogens (tertiary/aromatic N) is 1. The van der Waals surface area contributed by atoms with Crippen LogP contribution in [0.4, 0.5) is 18.9 Å². The van der Waals surface area contributed by atoms with Crippen molar-refractivity contribution in [2.75, 3.05) is 39.5 Å². The number of aliphatic hydroxyl groups excluding tert-OH is 1. The topological polar surface area (TPSA) is 158 Å². The van der Waals surface area contributed by atoms with E-state index >= 15 is 0 Å². The summed E-state index contributed by atoms with van der Waals surface area (Å²) < 4.78 is 64.5. The van der Waals surface area contributed by atoms with E-state index in [4.69, 9.17) is 18.9 Å². The molecule has 12 nitrogen and oxygen atoms in total. The molecule has 1 heterocycles. The number of para-hydroxylation sites is 1. The molecule has 0 spiro atoms. The number of allylic oxidation sites excluding steroid dienone is 2. The zero-order valence-electron chi connectivity index (χ0n) is 26.2. The number of nitro groups is 1. The number of unbranched alkanes of at least 4 members (excludes halogenated alkanes) is 1. The first kappa shape index (κ1) is 36.8. The molecule has 1 aliphatic heterocycles. The Hall–Kier alpha value is -4.63. The van der Waals surface area contributed by atoms with E-state index in [2.05, 4.69) is 10.6 Å². The van der Waals surface area contributed by atoms with E-state index < -0.39 is 52.0 Å². The van der Waals surface area contributed by atoms with Crippen LogP contribution in [0.3, 0.4) is 0 Å². The summed E-state index contributed by atoms with van der Waals surface area (Å²) in [5.74, 6) is -3.60. The third kappa shape index (κ3) is 10.2. The van der Waals surface area contributed by atoms with Crippen molar-refractivity contribution in [2.24, 2.45) is 0 Å². The normalized spacial score (nSPS) is 15.5. The molecule has 3 rings (SSSR count). The van der Waals surface area contributed by atoms with E-state index in [1.54, 1.807) is 12.1 Å². The highest BCUT2D eigenvalue weighted by Crippen LogP contribution is 2.46. The quantitative estimate of drug-likeness (QED) is 0.0932. The standard InChI is InChI=1S/C32H38F3N3O9/c1-4-44-30(40)26-20(3)37-29(32(33,34)35)28(31(41)45-5-2)27(26)24-17-21(38(42)43)13-14-25(24)46-16-10-9-15-36-18-22(39)19-47-23-11-7-6-8-12-23/h6-8,11-14,17,22,27,36-37,39H,4-5,9-10,15-16,18-19H2,1-3H3. The van der Waals surface area contributed by atoms with Crippen molar-refractivity contribution in [3.8, 4) is 11.5 Å². The van der Waals surface area contributed by atoms with E-state index in [0.29, 0.717) is 25.1 Å². The van der Waals surface area contributed by atoms with Crippen LogP contribution >= 0.6 is 0 Å². The Morgan fingerprint density at radius 1 is 1.02 bits per heavy atom. The van der Waals surface area contributed by atoms with Crippen LogP contribution in [0.25, 0.3) is 0 Å². The average molecular weight is 666 g/mol. The van der Waals surface area contributed by atoms with Crippen LogP contribution in [-0.4, -0.2) is 73.8 Å². The number of alkyl halides is 3. The van der Waals surface area contributed by atoms with Gasteiger partial charge in [0.1, 0.15) is 29.9 Å². The van der Waals surface area contributed by atoms with Crippen LogP contribution in [-0.2, 0) is 19.1 Å². The smallest absolute Gasteiger partial charge is 0.431 e. The molecule has 3 N–H and O–H groups in total. The Balaban J connectivity index is 1.82. The second-order valence-corrected chi connectivity index (χ2v) is 10.3. The highest BCUT2D eigenvalue weighted by molar-refractivity contribution is 6.00. The van der Waals surface area contributed by atoms with Gasteiger partial charge in [0, 0.05) is 29.9 Å². The largest absolute Gasteiger partial charge is 0.493 e. The molecule has 0 radical (unpaired) electrons. The van der Waals surface area contributed by atoms with Crippen LogP contribution in [0, 0.1) is 10.1 Å². The summed E-state index contributed by atoms with van der Waals surface area (Å²) in [6, 6.07) is 12.3. The predicted octanol–water partition coefficient (Wildman–Crippen LogP) is 4.69. The second-order valence-electron chi connectivity index (χ2n) is 10.3. The molecule has 0 amide bonds. The number of ether oxygens (including phenoxy) is 4. The first-order valence-electron chi connectivity index (χ1n) is 15.0. The maximum Gasteiger partial charge on any atom is 0.431 e. The second kappa shape index (κ2) is 17.3. The number of hydrogen-bond donors (Lipinski definition) is 3. The van der Waals surface area contributed by atoms with Crippen molar-refractivity contribution < 1.29 is 51.7 Å². The molecule has 256 valence electrons. The van der Waals surface area contributed by atoms with Gasteiger partial charge in [-0.15, -0.1) is 0 Å². The molecule has 2 aromatic carbocycles. The zero-order valence-corrected chi connectivity index (χ0v) is 26.2. The number of nitrogens with one attached hydrogen (secondary N) is 2. The highest BCUT2D eigenvalue weighted by atomic mass is 19.4. The predicted molar refractivity (Wildman–Crippen MR) is 164 cm³/mol. The van der Waals surface area contributed by atoms with Gasteiger partial charge < -0.3 is 34.7 Å². The Morgan fingerprint density at radius 3 is 2.30 bits per heavy atom. The number of non-ortho nitro benzene ring substituents is 1. The average Bonchev–Trinajstić information content (AvgIpc) is 3.03. The Labute approximate surface area is 269 Å². The van der Waals surface area contributed by atoms with Crippen molar-refractivity contribution >= 4 is 17.6 Å². The van der Waals surface area contributed by atoms with Crippen LogP contribution in [0.2, 0.25) is 0 Å². The molecule has 0 aliphatic carbocycles. The van der Waals surface area contributed by atoms with Crippen molar-refractivity contribution in [2.45, 2.75) is 51.8 Å². The number of esters is 2. The number of benzene rings is 2. The van der Waals surface area contributed by atoms with E-state index in [1.165, 1.54) is 26.8 Å². The first-order chi connectivity index (χ1) is 22.4. The Bertz CT molecular complexity index is 1460. The molecule has 0 aromatic heterocycles. The minimum absolute atomic E-state index is 0.0408. The first-order valence-corrected chi connectivity index (χ1v) is 15.0. The lowest BCUT2D eigenvalue weighted by atomic mass is 9.79. The van der Waals surface area contributed by atoms with Crippen molar-refractivity contribution in [3.05, 3.63) is 86.7 Å². The fourth-order valence-electron chi connectivity index (χ4n) is 4.85. The molecule has 2 aromatic rings. The maximum atomic E-state index is 14.3. The van der Waals surface area contributed by atoms with Gasteiger partial charge in [-0.1, -0.05) is 18.2 Å². The van der Waals surface area contributed by atoms with Crippen LogP contribution in [0.1, 0.15) is 45.1 Å². The van der Waals surface area contributed by atoms with Gasteiger partial charge in [0.2, 0.25) is 0 Å². The lowest BCUT2D eigenvalue weighted by Gasteiger charge is -2.32. The molecule has 47 heavy (non-hydrogen) atoms. The number of hydrogen-bond acceptors (Lipinski definition) is 11. The molecule has 2 atom stereocenters. The Morgan fingerprint density at radius 2 is 1.68 bits per heavy atom. The van der Waals surface area contributed by atoms with E-state index in [9.17, 15) is 38.0 Å². The number of aliphatic hydroxyl groups is 1. The number of rotatable bonds is 17. The Kier molecular flexibility index (Phi) is 13.6. The third-order valence-electron chi connectivity index (χ3n) is 6.92. The van der Waals surface area contributed by atoms with Gasteiger partial charge in [0.25, 0.3) is 5.69 Å². The van der Waals surface area contributed by atoms with Crippen LogP contribution in [0.5, 0.6) is 11.5 Å². The highest BCUT2D eigenvalue weighted by Gasteiger charge is 2.48. The summed E-state index contributed by atoms with van der Waals surface area (Å²) in [6.45, 7) is 4.60. The van der Waals surface area contributed by atoms with Gasteiger partial charge in [0.15, 0.2) is 0 Å². The molecule has 0 saturated heterocycles. The van der Waals surface area contributed by atoms with E-state index in [-0.39, 0.29) is 55.6 Å². The summed E-state index contributed by atoms with van der Waals surface area (Å²) >= 11 is 0. The summed E-state index contributed by atoms with van der Waals surface area (Å²) in [5, 5.41) is 27.1. The minimum atomic E-state index is -5.09. The number of carbonyl (C=O) groups is 2. The van der Waals surface area contributed by atoms with Crippen molar-refractivity contribution in [1.82, 2.24) is 10.6 Å². The lowest BCUT2D eigenvalue weighted by molar-refractivity contribution is -0.384. The summed E-state index contributed by atoms with van der Waals surface area (Å²) in [4.78, 5) is 37.2. The van der Waals surface area contributed by atoms with Gasteiger partial charge in [0.05, 0.1) is 41.8 Å². The summed E-state index contributed by atoms with van der Waals surface area (Å²) in [7, 11) is 0. The van der Waals surface area contributed by atoms with Gasteiger partial charge in [-0.25, -0.2) is 9.59 Å². The van der Waals surface area contributed by atoms with Crippen molar-refractivity contribution in [3.63, 3.8) is 0 Å². The number of halogens is 3. The fourth-order valence-corrected chi connectivity index (χ4v) is 4.85. The number of nitro benzene ring substituents is 1. The molecule has 1 aliphatic rings. The summed E-state index contributed by atoms with van der Waals surface area (Å²) in [6.07, 6.45) is -4.83. The molecule has 15 heteroatoms. The number of carbonyl (C=O) groups excluding carboxylic acids is 2. The van der Waals surface area contributed by atoms with Crippen LogP contribution in [0.15, 0.2) is 71.1 Å². The SMILES string of the molecule is CCOC(=O)C1=C(C)NC(C(F)(F)F)=C(C(=O)OCC)C1c1cc([N+](=O)[O-])ccc1OCCCCNCC(O)COc1ccccc1. The van der Waals surface area contributed by atoms with Crippen LogP contribution < -0.4 is 20.1 Å². The molecular weight excluding hydrogens is 627 g/mol. The maximum absolute atomic E-state index is 14.3. The molecule has 2 unspecified atom stereocenters. The van der Waals surface area contributed by atoms with E-state index in [0.717, 1.165) is 12.1 Å². The molecule has 0 fully saturated rings. The summed E-state index contributed by atoms with van der Waals surface area (Å²) in [5.41, 5.74) is -3.75. The van der Waals surface area contributed by atoms with Gasteiger partial charge in [-0.2, -0.15) is 13.2 Å². The molecular formula is C32H38F3N3O9. The van der Waals surface area contributed by atoms with E-state index in [1.807, 2.05) is 18.2 Å². The van der Waals surface area contributed by atoms with Gasteiger partial charge in [-0.05, 0) is 58.4 Å². The lowest BCUT2D eigenvalue weighted by Crippen LogP contribution is -2.38. The van der Waals surface area contributed by atoms with Gasteiger partial charge in [-0.3, -0.25) is 10.1 Å². The zero-order chi connectivity index (χ0) is 34.6. The minimum Gasteiger partial charge on any atom is -0.493 e. The number of dihydropyridines is 1. The monoisotopic (exact) mass is 665 g/mol. The molecule has 0 bridgehead atoms.